The number of hydrogen-bond donors (Lipinski definition) is 5. The number of carbonyl (C=O) groups is 3. The second-order valence-electron chi connectivity index (χ2n) is 8.27. The Morgan fingerprint density at radius 1 is 1.20 bits per heavy atom. The summed E-state index contributed by atoms with van der Waals surface area (Å²) in [6, 6.07) is 3.62. The van der Waals surface area contributed by atoms with Crippen LogP contribution in [-0.4, -0.2) is 68.5 Å². The maximum Gasteiger partial charge on any atom is 0.255 e. The second-order valence-corrected chi connectivity index (χ2v) is 8.27. The molecule has 1 aromatic carbocycles. The largest absolute Gasteiger partial charge is 0.508 e. The van der Waals surface area contributed by atoms with E-state index in [2.05, 4.69) is 0 Å². The average Bonchev–Trinajstić information content (AvgIpc) is 2.64. The minimum atomic E-state index is -2.60. The molecule has 6 N–H and O–H groups in total. The number of hydrogen-bond acceptors (Lipinski definition) is 8. The lowest BCUT2D eigenvalue weighted by Crippen LogP contribution is -2.65. The van der Waals surface area contributed by atoms with Crippen molar-refractivity contribution in [2.75, 3.05) is 14.1 Å². The summed E-state index contributed by atoms with van der Waals surface area (Å²) in [5, 5.41) is 43.1. The number of amides is 1. The summed E-state index contributed by atoms with van der Waals surface area (Å²) in [4.78, 5) is 39.7. The number of carbonyl (C=O) groups excluding carboxylic acids is 3. The smallest absolute Gasteiger partial charge is 0.255 e. The quantitative estimate of drug-likeness (QED) is 0.421. The summed E-state index contributed by atoms with van der Waals surface area (Å²) < 4.78 is 0. The molecule has 3 aliphatic carbocycles. The highest BCUT2D eigenvalue weighted by atomic mass is 16.3. The van der Waals surface area contributed by atoms with Crippen LogP contribution < -0.4 is 5.73 Å². The number of phenols is 1. The third kappa shape index (κ3) is 2.39. The number of aliphatic hydroxyl groups excluding tert-OH is 2. The standard InChI is InChI=1S/C21H22N2O7/c1-23(2)15-10-7-9-6-8-4-3-5-11(24)12(8)16(25)13(9)18(27)21(10,30)19(28)14(17(15)26)20(22)29/h3-5,9-10,15,24-25,28,30H,6-7H2,1-2H3,(H2,22,29)/t9-,10+,15+,21-/m1/s1. The van der Waals surface area contributed by atoms with Crippen molar-refractivity contribution in [1.29, 1.82) is 0 Å². The highest BCUT2D eigenvalue weighted by Gasteiger charge is 2.64. The number of ketones is 2. The SMILES string of the molecule is CN(C)[C@@H]1C(=O)C(C(N)=O)=C(O)[C@]2(O)C(=O)C3=C(O)c4c(O)cccc4C[C@@H]3C[C@@H]12. The van der Waals surface area contributed by atoms with Gasteiger partial charge in [-0.25, -0.2) is 0 Å². The van der Waals surface area contributed by atoms with E-state index in [4.69, 9.17) is 5.73 Å². The van der Waals surface area contributed by atoms with Crippen LogP contribution in [0.15, 0.2) is 35.1 Å². The molecule has 0 spiro atoms. The Balaban J connectivity index is 1.98. The third-order valence-corrected chi connectivity index (χ3v) is 6.46. The van der Waals surface area contributed by atoms with Gasteiger partial charge < -0.3 is 26.2 Å². The van der Waals surface area contributed by atoms with Crippen molar-refractivity contribution in [3.05, 3.63) is 46.2 Å². The Bertz CT molecular complexity index is 1070. The van der Waals surface area contributed by atoms with Crippen molar-refractivity contribution in [3.8, 4) is 5.75 Å². The highest BCUT2D eigenvalue weighted by molar-refractivity contribution is 6.24. The number of aromatic hydroxyl groups is 1. The molecule has 1 aromatic rings. The number of likely N-dealkylation sites (N-methyl/N-ethyl adjacent to an activating group) is 1. The van der Waals surface area contributed by atoms with Gasteiger partial charge in [0.2, 0.25) is 5.78 Å². The lowest BCUT2D eigenvalue weighted by molar-refractivity contribution is -0.153. The molecular weight excluding hydrogens is 392 g/mol. The number of aliphatic hydroxyl groups is 3. The molecule has 4 atom stereocenters. The maximum absolute atomic E-state index is 13.5. The lowest BCUT2D eigenvalue weighted by atomic mass is 9.57. The van der Waals surface area contributed by atoms with Crippen LogP contribution in [0.25, 0.3) is 5.76 Å². The van der Waals surface area contributed by atoms with Crippen LogP contribution in [-0.2, 0) is 20.8 Å². The summed E-state index contributed by atoms with van der Waals surface area (Å²) in [5.74, 6) is -6.43. The summed E-state index contributed by atoms with van der Waals surface area (Å²) in [5.41, 5.74) is 2.41. The molecule has 0 heterocycles. The van der Waals surface area contributed by atoms with E-state index in [9.17, 15) is 34.8 Å². The topological polar surface area (TPSA) is 161 Å². The molecule has 4 rings (SSSR count). The molecule has 0 saturated heterocycles. The average molecular weight is 414 g/mol. The van der Waals surface area contributed by atoms with Crippen LogP contribution >= 0.6 is 0 Å². The van der Waals surface area contributed by atoms with Crippen molar-refractivity contribution in [1.82, 2.24) is 4.90 Å². The van der Waals surface area contributed by atoms with Gasteiger partial charge in [-0.3, -0.25) is 19.3 Å². The first-order valence-corrected chi connectivity index (χ1v) is 9.47. The molecule has 0 radical (unpaired) electrons. The Morgan fingerprint density at radius 3 is 2.47 bits per heavy atom. The molecule has 1 saturated carbocycles. The van der Waals surface area contributed by atoms with Crippen LogP contribution in [0.1, 0.15) is 17.5 Å². The van der Waals surface area contributed by atoms with Crippen LogP contribution in [0.3, 0.4) is 0 Å². The van der Waals surface area contributed by atoms with Crippen LogP contribution in [0.2, 0.25) is 0 Å². The van der Waals surface area contributed by atoms with Crippen molar-refractivity contribution >= 4 is 23.2 Å². The number of nitrogens with two attached hydrogens (primary N) is 1. The Morgan fingerprint density at radius 2 is 1.87 bits per heavy atom. The molecular formula is C21H22N2O7. The van der Waals surface area contributed by atoms with E-state index in [0.29, 0.717) is 12.0 Å². The summed E-state index contributed by atoms with van der Waals surface area (Å²) in [6.07, 6.45) is 0.379. The zero-order valence-electron chi connectivity index (χ0n) is 16.4. The summed E-state index contributed by atoms with van der Waals surface area (Å²) in [7, 11) is 3.12. The Hall–Kier alpha value is -3.17. The zero-order chi connectivity index (χ0) is 22.1. The number of Topliss-reactive ketones (excluding diaryl/α,β-unsaturated/α-hetero) is 2. The Labute approximate surface area is 171 Å². The second kappa shape index (κ2) is 6.41. The number of rotatable bonds is 2. The van der Waals surface area contributed by atoms with Gasteiger partial charge in [0.15, 0.2) is 11.4 Å². The van der Waals surface area contributed by atoms with E-state index >= 15 is 0 Å². The van der Waals surface area contributed by atoms with Crippen molar-refractivity contribution in [2.45, 2.75) is 24.5 Å². The first kappa shape index (κ1) is 20.1. The van der Waals surface area contributed by atoms with Gasteiger partial charge in [-0.15, -0.1) is 0 Å². The van der Waals surface area contributed by atoms with Gasteiger partial charge in [-0.2, -0.15) is 0 Å². The minimum absolute atomic E-state index is 0.0847. The fourth-order valence-corrected chi connectivity index (χ4v) is 5.18. The molecule has 0 unspecified atom stereocenters. The fraction of sp³-hybridized carbons (Fsp3) is 0.381. The van der Waals surface area contributed by atoms with E-state index in [0.717, 1.165) is 0 Å². The van der Waals surface area contributed by atoms with Gasteiger partial charge in [0.25, 0.3) is 5.91 Å². The molecule has 9 nitrogen and oxygen atoms in total. The van der Waals surface area contributed by atoms with Gasteiger partial charge in [0, 0.05) is 11.5 Å². The van der Waals surface area contributed by atoms with Crippen molar-refractivity contribution in [2.24, 2.45) is 17.6 Å². The number of nitrogens with zero attached hydrogens (tertiary/aromatic N) is 1. The van der Waals surface area contributed by atoms with Gasteiger partial charge in [-0.1, -0.05) is 12.1 Å². The molecule has 1 amide bonds. The first-order chi connectivity index (χ1) is 14.0. The molecule has 0 aromatic heterocycles. The van der Waals surface area contributed by atoms with E-state index in [1.54, 1.807) is 26.2 Å². The number of phenolic OH excluding ortho intramolecular Hbond substituents is 1. The monoisotopic (exact) mass is 414 g/mol. The lowest BCUT2D eigenvalue weighted by Gasteiger charge is -2.50. The Kier molecular flexibility index (Phi) is 4.30. The fourth-order valence-electron chi connectivity index (χ4n) is 5.18. The highest BCUT2D eigenvalue weighted by Crippen LogP contribution is 2.52. The van der Waals surface area contributed by atoms with Crippen molar-refractivity contribution in [3.63, 3.8) is 0 Å². The van der Waals surface area contributed by atoms with Gasteiger partial charge in [0.1, 0.15) is 22.8 Å². The summed E-state index contributed by atoms with van der Waals surface area (Å²) >= 11 is 0. The predicted octanol–water partition coefficient (Wildman–Crippen LogP) is -0.0360. The van der Waals surface area contributed by atoms with Crippen LogP contribution in [0.4, 0.5) is 0 Å². The maximum atomic E-state index is 13.5. The first-order valence-electron chi connectivity index (χ1n) is 9.47. The predicted molar refractivity (Wildman–Crippen MR) is 104 cm³/mol. The van der Waals surface area contributed by atoms with Crippen LogP contribution in [0.5, 0.6) is 5.75 Å². The molecule has 30 heavy (non-hydrogen) atoms. The van der Waals surface area contributed by atoms with E-state index in [-0.39, 0.29) is 23.3 Å². The minimum Gasteiger partial charge on any atom is -0.508 e. The number of primary amides is 1. The van der Waals surface area contributed by atoms with Crippen LogP contribution in [0, 0.1) is 11.8 Å². The van der Waals surface area contributed by atoms with E-state index in [1.807, 2.05) is 0 Å². The molecule has 1 fully saturated rings. The molecule has 3 aliphatic rings. The molecule has 158 valence electrons. The normalized spacial score (nSPS) is 30.9. The van der Waals surface area contributed by atoms with Gasteiger partial charge in [0.05, 0.1) is 11.6 Å². The summed E-state index contributed by atoms with van der Waals surface area (Å²) in [6.45, 7) is 0. The third-order valence-electron chi connectivity index (χ3n) is 6.46. The van der Waals surface area contributed by atoms with Crippen molar-refractivity contribution < 1.29 is 34.8 Å². The van der Waals surface area contributed by atoms with E-state index in [1.165, 1.54) is 11.0 Å². The van der Waals surface area contributed by atoms with E-state index < -0.39 is 58.0 Å². The molecule has 9 heteroatoms. The number of benzene rings is 1. The molecule has 0 aliphatic heterocycles. The van der Waals surface area contributed by atoms with Gasteiger partial charge in [-0.05, 0) is 44.5 Å². The zero-order valence-corrected chi connectivity index (χ0v) is 16.4. The molecule has 0 bridgehead atoms. The number of fused-ring (bicyclic) bond motifs is 3. The van der Waals surface area contributed by atoms with Gasteiger partial charge >= 0.3 is 0 Å².